The third-order valence-corrected chi connectivity index (χ3v) is 4.81. The molecule has 2 aromatic carbocycles. The van der Waals surface area contributed by atoms with Crippen LogP contribution in [0, 0.1) is 0 Å². The second kappa shape index (κ2) is 4.50. The highest BCUT2D eigenvalue weighted by Crippen LogP contribution is 2.47. The third-order valence-electron chi connectivity index (χ3n) is 4.31. The minimum absolute atomic E-state index is 0.233. The van der Waals surface area contributed by atoms with Crippen LogP contribution in [-0.4, -0.2) is 5.11 Å². The second-order valence-corrected chi connectivity index (χ2v) is 6.02. The number of hydrogen-bond acceptors (Lipinski definition) is 2. The SMILES string of the molecule is CCC1(CC)OCc2c1cc(O)c1ccc(Br)cc21. The first-order chi connectivity index (χ1) is 9.11. The molecule has 0 atom stereocenters. The predicted molar refractivity (Wildman–Crippen MR) is 80.4 cm³/mol. The van der Waals surface area contributed by atoms with Crippen LogP contribution in [0.15, 0.2) is 28.7 Å². The Hall–Kier alpha value is -1.06. The van der Waals surface area contributed by atoms with E-state index in [2.05, 4.69) is 35.8 Å². The fraction of sp³-hybridized carbons (Fsp3) is 0.375. The van der Waals surface area contributed by atoms with Crippen LogP contribution in [0.4, 0.5) is 0 Å². The number of benzene rings is 2. The van der Waals surface area contributed by atoms with E-state index in [0.717, 1.165) is 33.7 Å². The van der Waals surface area contributed by atoms with Gasteiger partial charge in [-0.3, -0.25) is 0 Å². The Labute approximate surface area is 121 Å². The number of halogens is 1. The molecule has 0 saturated carbocycles. The summed E-state index contributed by atoms with van der Waals surface area (Å²) in [6.45, 7) is 4.91. The lowest BCUT2D eigenvalue weighted by molar-refractivity contribution is -0.0438. The summed E-state index contributed by atoms with van der Waals surface area (Å²) in [7, 11) is 0. The Kier molecular flexibility index (Phi) is 3.06. The minimum atomic E-state index is -0.233. The number of ether oxygens (including phenoxy) is 1. The number of fused-ring (bicyclic) bond motifs is 3. The van der Waals surface area contributed by atoms with Crippen molar-refractivity contribution < 1.29 is 9.84 Å². The normalized spacial score (nSPS) is 16.8. The minimum Gasteiger partial charge on any atom is -0.507 e. The number of phenolic OH excluding ortho intramolecular Hbond substituents is 1. The molecular weight excluding hydrogens is 304 g/mol. The fourth-order valence-corrected chi connectivity index (χ4v) is 3.48. The lowest BCUT2D eigenvalue weighted by Crippen LogP contribution is -2.22. The van der Waals surface area contributed by atoms with Gasteiger partial charge in [-0.15, -0.1) is 0 Å². The van der Waals surface area contributed by atoms with Crippen molar-refractivity contribution in [2.24, 2.45) is 0 Å². The Bertz CT molecular complexity index is 645. The van der Waals surface area contributed by atoms with Gasteiger partial charge in [-0.05, 0) is 53.6 Å². The molecular formula is C16H17BrO2. The van der Waals surface area contributed by atoms with Gasteiger partial charge in [0, 0.05) is 9.86 Å². The average molecular weight is 321 g/mol. The van der Waals surface area contributed by atoms with Gasteiger partial charge in [0.2, 0.25) is 0 Å². The van der Waals surface area contributed by atoms with Gasteiger partial charge in [-0.2, -0.15) is 0 Å². The van der Waals surface area contributed by atoms with E-state index in [0.29, 0.717) is 12.4 Å². The maximum absolute atomic E-state index is 10.3. The first-order valence-corrected chi connectivity index (χ1v) is 7.49. The molecule has 1 heterocycles. The summed E-state index contributed by atoms with van der Waals surface area (Å²) in [6.07, 6.45) is 1.85. The quantitative estimate of drug-likeness (QED) is 0.856. The van der Waals surface area contributed by atoms with Gasteiger partial charge in [0.15, 0.2) is 0 Å². The van der Waals surface area contributed by atoms with Crippen molar-refractivity contribution in [3.63, 3.8) is 0 Å². The van der Waals surface area contributed by atoms with Crippen LogP contribution in [0.2, 0.25) is 0 Å². The first kappa shape index (κ1) is 12.9. The van der Waals surface area contributed by atoms with Gasteiger partial charge in [0.05, 0.1) is 12.2 Å². The van der Waals surface area contributed by atoms with Crippen LogP contribution < -0.4 is 0 Å². The third kappa shape index (κ3) is 1.79. The Balaban J connectivity index is 2.35. The van der Waals surface area contributed by atoms with Crippen molar-refractivity contribution in [2.45, 2.75) is 38.9 Å². The van der Waals surface area contributed by atoms with Crippen LogP contribution >= 0.6 is 15.9 Å². The van der Waals surface area contributed by atoms with Crippen molar-refractivity contribution in [2.75, 3.05) is 0 Å². The van der Waals surface area contributed by atoms with E-state index in [1.165, 1.54) is 5.56 Å². The van der Waals surface area contributed by atoms with E-state index >= 15 is 0 Å². The highest BCUT2D eigenvalue weighted by molar-refractivity contribution is 9.10. The van der Waals surface area contributed by atoms with Gasteiger partial charge in [0.1, 0.15) is 5.75 Å². The number of rotatable bonds is 2. The van der Waals surface area contributed by atoms with E-state index in [-0.39, 0.29) is 5.60 Å². The topological polar surface area (TPSA) is 29.5 Å². The molecule has 3 rings (SSSR count). The Morgan fingerprint density at radius 1 is 1.21 bits per heavy atom. The van der Waals surface area contributed by atoms with Gasteiger partial charge < -0.3 is 9.84 Å². The fourth-order valence-electron chi connectivity index (χ4n) is 3.12. The van der Waals surface area contributed by atoms with Crippen LogP contribution in [0.3, 0.4) is 0 Å². The summed E-state index contributed by atoms with van der Waals surface area (Å²) in [6, 6.07) is 7.87. The maximum Gasteiger partial charge on any atom is 0.123 e. The summed E-state index contributed by atoms with van der Waals surface area (Å²) in [5.41, 5.74) is 2.14. The number of aromatic hydroxyl groups is 1. The van der Waals surface area contributed by atoms with Crippen LogP contribution in [-0.2, 0) is 16.9 Å². The van der Waals surface area contributed by atoms with E-state index in [9.17, 15) is 5.11 Å². The molecule has 0 amide bonds. The molecule has 1 aliphatic heterocycles. The summed E-state index contributed by atoms with van der Waals surface area (Å²) in [5, 5.41) is 12.3. The second-order valence-electron chi connectivity index (χ2n) is 5.10. The molecule has 0 radical (unpaired) electrons. The van der Waals surface area contributed by atoms with E-state index in [1.54, 1.807) is 0 Å². The molecule has 100 valence electrons. The van der Waals surface area contributed by atoms with Gasteiger partial charge in [-0.25, -0.2) is 0 Å². The van der Waals surface area contributed by atoms with Crippen molar-refractivity contribution in [3.8, 4) is 5.75 Å². The molecule has 19 heavy (non-hydrogen) atoms. The molecule has 2 nitrogen and oxygen atoms in total. The van der Waals surface area contributed by atoms with Crippen molar-refractivity contribution in [3.05, 3.63) is 39.9 Å². The van der Waals surface area contributed by atoms with Crippen molar-refractivity contribution in [1.29, 1.82) is 0 Å². The highest BCUT2D eigenvalue weighted by Gasteiger charge is 2.38. The summed E-state index contributed by atoms with van der Waals surface area (Å²) < 4.78 is 7.11. The molecule has 1 aliphatic rings. The molecule has 1 N–H and O–H groups in total. The zero-order chi connectivity index (χ0) is 13.6. The molecule has 2 aromatic rings. The molecule has 3 heteroatoms. The molecule has 0 aromatic heterocycles. The monoisotopic (exact) mass is 320 g/mol. The van der Waals surface area contributed by atoms with E-state index in [1.807, 2.05) is 18.2 Å². The number of phenols is 1. The molecule has 0 saturated heterocycles. The predicted octanol–water partition coefficient (Wildman–Crippen LogP) is 4.85. The van der Waals surface area contributed by atoms with Crippen LogP contribution in [0.25, 0.3) is 10.8 Å². The summed E-state index contributed by atoms with van der Waals surface area (Å²) in [5.74, 6) is 0.345. The zero-order valence-electron chi connectivity index (χ0n) is 11.2. The molecule has 0 spiro atoms. The smallest absolute Gasteiger partial charge is 0.123 e. The summed E-state index contributed by atoms with van der Waals surface area (Å²) >= 11 is 3.51. The Morgan fingerprint density at radius 3 is 2.63 bits per heavy atom. The summed E-state index contributed by atoms with van der Waals surface area (Å²) in [4.78, 5) is 0. The first-order valence-electron chi connectivity index (χ1n) is 6.70. The standard InChI is InChI=1S/C16H17BrO2/c1-3-16(4-2)14-8-15(18)11-6-5-10(17)7-12(11)13(14)9-19-16/h5-8,18H,3-4,9H2,1-2H3. The maximum atomic E-state index is 10.3. The van der Waals surface area contributed by atoms with Gasteiger partial charge >= 0.3 is 0 Å². The van der Waals surface area contributed by atoms with E-state index in [4.69, 9.17) is 4.74 Å². The lowest BCUT2D eigenvalue weighted by atomic mass is 9.85. The zero-order valence-corrected chi connectivity index (χ0v) is 12.8. The van der Waals surface area contributed by atoms with E-state index < -0.39 is 0 Å². The van der Waals surface area contributed by atoms with Crippen molar-refractivity contribution in [1.82, 2.24) is 0 Å². The molecule has 0 bridgehead atoms. The Morgan fingerprint density at radius 2 is 1.95 bits per heavy atom. The van der Waals surface area contributed by atoms with Gasteiger partial charge in [-0.1, -0.05) is 29.8 Å². The van der Waals surface area contributed by atoms with Crippen LogP contribution in [0.1, 0.15) is 37.8 Å². The largest absolute Gasteiger partial charge is 0.507 e. The van der Waals surface area contributed by atoms with Crippen LogP contribution in [0.5, 0.6) is 5.75 Å². The van der Waals surface area contributed by atoms with Crippen molar-refractivity contribution >= 4 is 26.7 Å². The molecule has 0 aliphatic carbocycles. The average Bonchev–Trinajstić information content (AvgIpc) is 2.78. The number of hydrogen-bond donors (Lipinski definition) is 1. The molecule has 0 fully saturated rings. The molecule has 0 unspecified atom stereocenters. The highest BCUT2D eigenvalue weighted by atomic mass is 79.9. The van der Waals surface area contributed by atoms with Gasteiger partial charge in [0.25, 0.3) is 0 Å². The lowest BCUT2D eigenvalue weighted by Gasteiger charge is -2.27.